The van der Waals surface area contributed by atoms with Crippen LogP contribution in [0.5, 0.6) is 0 Å². The van der Waals surface area contributed by atoms with Gasteiger partial charge in [0.15, 0.2) is 0 Å². The molecule has 0 bridgehead atoms. The number of halogens is 3. The first kappa shape index (κ1) is 17.1. The predicted octanol–water partition coefficient (Wildman–Crippen LogP) is 3.40. The molecule has 0 atom stereocenters. The molecule has 118 valence electrons. The van der Waals surface area contributed by atoms with Gasteiger partial charge in [0, 0.05) is 5.54 Å². The van der Waals surface area contributed by atoms with E-state index >= 15 is 0 Å². The Labute approximate surface area is 117 Å². The Kier molecular flexibility index (Phi) is 5.68. The molecule has 1 fully saturated rings. The summed E-state index contributed by atoms with van der Waals surface area (Å²) in [6, 6.07) is 0. The fourth-order valence-corrected chi connectivity index (χ4v) is 2.02. The van der Waals surface area contributed by atoms with Crippen LogP contribution in [0.25, 0.3) is 0 Å². The number of amides is 1. The topological polar surface area (TPSA) is 47.6 Å². The van der Waals surface area contributed by atoms with Gasteiger partial charge in [0.1, 0.15) is 12.7 Å². The van der Waals surface area contributed by atoms with Crippen LogP contribution in [-0.4, -0.2) is 36.6 Å². The first-order chi connectivity index (χ1) is 9.05. The normalized spacial score (nSPS) is 24.3. The molecule has 1 aliphatic carbocycles. The Bertz CT molecular complexity index is 318. The van der Waals surface area contributed by atoms with Crippen molar-refractivity contribution in [1.29, 1.82) is 0 Å². The van der Waals surface area contributed by atoms with Crippen molar-refractivity contribution in [3.63, 3.8) is 0 Å². The molecule has 0 heterocycles. The molecular weight excluding hydrogens is 275 g/mol. The lowest BCUT2D eigenvalue weighted by Crippen LogP contribution is -2.43. The summed E-state index contributed by atoms with van der Waals surface area (Å²) in [7, 11) is 0. The fraction of sp³-hybridized carbons (Fsp3) is 0.923. The maximum atomic E-state index is 12.0. The molecule has 1 aliphatic rings. The maximum absolute atomic E-state index is 12.0. The van der Waals surface area contributed by atoms with E-state index in [1.807, 2.05) is 20.8 Å². The van der Waals surface area contributed by atoms with Crippen LogP contribution in [0.2, 0.25) is 0 Å². The lowest BCUT2D eigenvalue weighted by Gasteiger charge is -2.29. The summed E-state index contributed by atoms with van der Waals surface area (Å²) < 4.78 is 46.1. The van der Waals surface area contributed by atoms with Gasteiger partial charge in [-0.05, 0) is 46.5 Å². The average molecular weight is 297 g/mol. The van der Waals surface area contributed by atoms with Crippen molar-refractivity contribution in [2.75, 3.05) is 6.61 Å². The second-order valence-corrected chi connectivity index (χ2v) is 6.11. The molecule has 0 unspecified atom stereocenters. The molecule has 0 radical (unpaired) electrons. The molecule has 0 aromatic rings. The fourth-order valence-electron chi connectivity index (χ4n) is 2.02. The smallest absolute Gasteiger partial charge is 0.411 e. The molecule has 1 rings (SSSR count). The molecule has 0 aromatic heterocycles. The molecule has 1 amide bonds. The maximum Gasteiger partial charge on any atom is 0.411 e. The number of carbonyl (C=O) groups excluding carboxylic acids is 1. The molecule has 4 nitrogen and oxygen atoms in total. The highest BCUT2D eigenvalue weighted by molar-refractivity contribution is 5.68. The average Bonchev–Trinajstić information content (AvgIpc) is 2.24. The van der Waals surface area contributed by atoms with Gasteiger partial charge in [-0.3, -0.25) is 0 Å². The number of alkyl halides is 3. The van der Waals surface area contributed by atoms with Gasteiger partial charge in [0.05, 0.1) is 6.10 Å². The highest BCUT2D eigenvalue weighted by atomic mass is 19.4. The highest BCUT2D eigenvalue weighted by Crippen LogP contribution is 2.25. The van der Waals surface area contributed by atoms with Gasteiger partial charge < -0.3 is 14.8 Å². The number of ether oxygens (including phenoxy) is 2. The summed E-state index contributed by atoms with van der Waals surface area (Å²) in [5.41, 5.74) is -0.371. The van der Waals surface area contributed by atoms with Gasteiger partial charge in [0.2, 0.25) is 0 Å². The van der Waals surface area contributed by atoms with Crippen molar-refractivity contribution in [1.82, 2.24) is 5.32 Å². The Balaban J connectivity index is 2.24. The molecule has 1 N–H and O–H groups in total. The standard InChI is InChI=1S/C13H22F3NO3/c1-12(2,3)17-11(18)20-10-6-4-9(5-7-10)19-8-13(14,15)16/h9-10H,4-8H2,1-3H3,(H,17,18). The summed E-state index contributed by atoms with van der Waals surface area (Å²) in [5, 5.41) is 2.68. The molecule has 0 aliphatic heterocycles. The monoisotopic (exact) mass is 297 g/mol. The van der Waals surface area contributed by atoms with Crippen LogP contribution in [0.1, 0.15) is 46.5 Å². The third-order valence-electron chi connectivity index (χ3n) is 2.85. The van der Waals surface area contributed by atoms with Crippen molar-refractivity contribution >= 4 is 6.09 Å². The summed E-state index contributed by atoms with van der Waals surface area (Å²) in [6.45, 7) is 4.32. The van der Waals surface area contributed by atoms with E-state index < -0.39 is 25.0 Å². The zero-order valence-corrected chi connectivity index (χ0v) is 12.0. The third kappa shape index (κ3) is 7.57. The second-order valence-electron chi connectivity index (χ2n) is 6.11. The van der Waals surface area contributed by atoms with Gasteiger partial charge in [-0.25, -0.2) is 4.79 Å². The zero-order valence-electron chi connectivity index (χ0n) is 12.0. The minimum Gasteiger partial charge on any atom is -0.446 e. The molecule has 0 saturated heterocycles. The van der Waals surface area contributed by atoms with Crippen LogP contribution < -0.4 is 5.32 Å². The Hall–Kier alpha value is -0.980. The quantitative estimate of drug-likeness (QED) is 0.868. The van der Waals surface area contributed by atoms with Crippen LogP contribution in [0.15, 0.2) is 0 Å². The summed E-state index contributed by atoms with van der Waals surface area (Å²) in [6.07, 6.45) is -3.42. The third-order valence-corrected chi connectivity index (χ3v) is 2.85. The summed E-state index contributed by atoms with van der Waals surface area (Å²) in [4.78, 5) is 11.6. The van der Waals surface area contributed by atoms with Gasteiger partial charge >= 0.3 is 12.3 Å². The largest absolute Gasteiger partial charge is 0.446 e. The summed E-state index contributed by atoms with van der Waals surface area (Å²) >= 11 is 0. The number of nitrogens with one attached hydrogen (secondary N) is 1. The second kappa shape index (κ2) is 6.65. The van der Waals surface area contributed by atoms with Crippen molar-refractivity contribution in [3.05, 3.63) is 0 Å². The lowest BCUT2D eigenvalue weighted by molar-refractivity contribution is -0.189. The number of alkyl carbamates (subject to hydrolysis) is 1. The van der Waals surface area contributed by atoms with E-state index in [0.29, 0.717) is 25.7 Å². The predicted molar refractivity (Wildman–Crippen MR) is 67.4 cm³/mol. The van der Waals surface area contributed by atoms with Crippen molar-refractivity contribution in [2.45, 2.75) is 70.4 Å². The zero-order chi connectivity index (χ0) is 15.4. The molecule has 7 heteroatoms. The van der Waals surface area contributed by atoms with E-state index in [0.717, 1.165) is 0 Å². The molecule has 20 heavy (non-hydrogen) atoms. The first-order valence-electron chi connectivity index (χ1n) is 6.72. The van der Waals surface area contributed by atoms with E-state index in [1.165, 1.54) is 0 Å². The lowest BCUT2D eigenvalue weighted by atomic mass is 9.95. The van der Waals surface area contributed by atoms with Gasteiger partial charge in [-0.2, -0.15) is 13.2 Å². The summed E-state index contributed by atoms with van der Waals surface area (Å²) in [5.74, 6) is 0. The Morgan fingerprint density at radius 2 is 1.60 bits per heavy atom. The number of hydrogen-bond acceptors (Lipinski definition) is 3. The van der Waals surface area contributed by atoms with Crippen LogP contribution in [-0.2, 0) is 9.47 Å². The van der Waals surface area contributed by atoms with Gasteiger partial charge in [0.25, 0.3) is 0 Å². The molecular formula is C13H22F3NO3. The van der Waals surface area contributed by atoms with Crippen LogP contribution in [0, 0.1) is 0 Å². The van der Waals surface area contributed by atoms with Crippen molar-refractivity contribution in [3.8, 4) is 0 Å². The molecule has 0 aromatic carbocycles. The van der Waals surface area contributed by atoms with E-state index in [-0.39, 0.29) is 11.6 Å². The van der Waals surface area contributed by atoms with E-state index in [2.05, 4.69) is 5.32 Å². The minimum atomic E-state index is -4.29. The minimum absolute atomic E-state index is 0.247. The SMILES string of the molecule is CC(C)(C)NC(=O)OC1CCC(OCC(F)(F)F)CC1. The van der Waals surface area contributed by atoms with Gasteiger partial charge in [-0.1, -0.05) is 0 Å². The van der Waals surface area contributed by atoms with E-state index in [9.17, 15) is 18.0 Å². The Morgan fingerprint density at radius 1 is 1.10 bits per heavy atom. The number of carbonyl (C=O) groups is 1. The Morgan fingerprint density at radius 3 is 2.05 bits per heavy atom. The molecule has 0 spiro atoms. The molecule has 1 saturated carbocycles. The van der Waals surface area contributed by atoms with Gasteiger partial charge in [-0.15, -0.1) is 0 Å². The van der Waals surface area contributed by atoms with E-state index in [4.69, 9.17) is 9.47 Å². The van der Waals surface area contributed by atoms with Crippen LogP contribution in [0.3, 0.4) is 0 Å². The van der Waals surface area contributed by atoms with Crippen LogP contribution >= 0.6 is 0 Å². The van der Waals surface area contributed by atoms with Crippen molar-refractivity contribution in [2.24, 2.45) is 0 Å². The van der Waals surface area contributed by atoms with E-state index in [1.54, 1.807) is 0 Å². The highest BCUT2D eigenvalue weighted by Gasteiger charge is 2.31. The number of rotatable bonds is 3. The first-order valence-corrected chi connectivity index (χ1v) is 6.72. The van der Waals surface area contributed by atoms with Crippen LogP contribution in [0.4, 0.5) is 18.0 Å². The van der Waals surface area contributed by atoms with Crippen molar-refractivity contribution < 1.29 is 27.4 Å². The number of hydrogen-bond donors (Lipinski definition) is 1.